The van der Waals surface area contributed by atoms with Gasteiger partial charge in [0.25, 0.3) is 5.88 Å². The number of alkyl halides is 1. The molecule has 0 aromatic carbocycles. The van der Waals surface area contributed by atoms with E-state index in [0.717, 1.165) is 0 Å². The molecule has 1 aliphatic heterocycles. The number of carbonyl (C=O) groups is 2. The van der Waals surface area contributed by atoms with Crippen molar-refractivity contribution in [1.29, 1.82) is 0 Å². The third-order valence-corrected chi connectivity index (χ3v) is 11.2. The second-order valence-electron chi connectivity index (χ2n) is 10.1. The Morgan fingerprint density at radius 1 is 1.34 bits per heavy atom. The number of halogens is 1. The predicted molar refractivity (Wildman–Crippen MR) is 128 cm³/mol. The van der Waals surface area contributed by atoms with Crippen LogP contribution in [0.3, 0.4) is 0 Å². The average Bonchev–Trinajstić information content (AvgIpc) is 3.31. The maximum Gasteiger partial charge on any atom is 0.328 e. The first kappa shape index (κ1) is 26.9. The zero-order valence-corrected chi connectivity index (χ0v) is 23.0. The number of nitrogens with zero attached hydrogens (tertiary/aromatic N) is 2. The maximum absolute atomic E-state index is 13.7. The molecule has 1 aromatic heterocycles. The van der Waals surface area contributed by atoms with E-state index in [4.69, 9.17) is 18.4 Å². The highest BCUT2D eigenvalue weighted by molar-refractivity contribution is 9.09. The number of hydrogen-bond donors (Lipinski definition) is 0. The Kier molecular flexibility index (Phi) is 8.97. The van der Waals surface area contributed by atoms with E-state index in [2.05, 4.69) is 55.0 Å². The van der Waals surface area contributed by atoms with Crippen LogP contribution in [-0.2, 0) is 18.8 Å². The number of rotatable bonds is 9. The number of methoxy groups -OCH3 is 1. The van der Waals surface area contributed by atoms with Crippen LogP contribution in [0.5, 0.6) is 5.88 Å². The molecule has 8 nitrogen and oxygen atoms in total. The van der Waals surface area contributed by atoms with Crippen molar-refractivity contribution in [1.82, 2.24) is 10.1 Å². The Morgan fingerprint density at radius 2 is 2.00 bits per heavy atom. The largest absolute Gasteiger partial charge is 0.475 e. The van der Waals surface area contributed by atoms with Crippen molar-refractivity contribution in [3.8, 4) is 5.88 Å². The highest BCUT2D eigenvalue weighted by Crippen LogP contribution is 2.40. The van der Waals surface area contributed by atoms with Crippen LogP contribution in [0.25, 0.3) is 0 Å². The molecule has 0 bridgehead atoms. The van der Waals surface area contributed by atoms with E-state index in [9.17, 15) is 9.59 Å². The van der Waals surface area contributed by atoms with E-state index in [1.165, 1.54) is 7.11 Å². The standard InChI is InChI=1S/C22H37BrN2O6Si/c1-14(2)19(17-12-18(24-30-17)29-10-9-23)20(26)25-13-15(11-16(25)21(27)28-6)31-32(7,8)22(3,4)5/h12,14-16,19H,9-11,13H2,1-8H3/t15-,16+,19-/m1/s1. The van der Waals surface area contributed by atoms with Gasteiger partial charge in [0.2, 0.25) is 5.91 Å². The summed E-state index contributed by atoms with van der Waals surface area (Å²) in [6.07, 6.45) is 0.204. The van der Waals surface area contributed by atoms with Crippen LogP contribution in [0.1, 0.15) is 52.7 Å². The quantitative estimate of drug-likeness (QED) is 0.265. The monoisotopic (exact) mass is 532 g/mol. The minimum Gasteiger partial charge on any atom is -0.475 e. The Bertz CT molecular complexity index is 792. The van der Waals surface area contributed by atoms with E-state index >= 15 is 0 Å². The van der Waals surface area contributed by atoms with Crippen molar-refractivity contribution < 1.29 is 28.0 Å². The molecule has 182 valence electrons. The molecule has 0 aliphatic carbocycles. The van der Waals surface area contributed by atoms with E-state index < -0.39 is 26.2 Å². The SMILES string of the molecule is COC(=O)[C@@H]1C[C@@H](O[Si](C)(C)C(C)(C)C)CN1C(=O)[C@@H](c1cc(OCCBr)no1)C(C)C. The molecule has 2 heterocycles. The first-order chi connectivity index (χ1) is 14.8. The molecule has 1 amide bonds. The van der Waals surface area contributed by atoms with Gasteiger partial charge in [0.1, 0.15) is 12.0 Å². The van der Waals surface area contributed by atoms with E-state index in [0.29, 0.717) is 36.5 Å². The van der Waals surface area contributed by atoms with Crippen LogP contribution in [0.2, 0.25) is 18.1 Å². The van der Waals surface area contributed by atoms with Gasteiger partial charge in [-0.2, -0.15) is 0 Å². The minimum atomic E-state index is -2.07. The minimum absolute atomic E-state index is 0.0248. The lowest BCUT2D eigenvalue weighted by Gasteiger charge is -2.38. The highest BCUT2D eigenvalue weighted by atomic mass is 79.9. The molecule has 1 aliphatic rings. The lowest BCUT2D eigenvalue weighted by molar-refractivity contribution is -0.152. The van der Waals surface area contributed by atoms with Gasteiger partial charge in [-0.3, -0.25) is 4.79 Å². The van der Waals surface area contributed by atoms with E-state index in [1.54, 1.807) is 11.0 Å². The highest BCUT2D eigenvalue weighted by Gasteiger charge is 2.47. The van der Waals surface area contributed by atoms with Crippen LogP contribution in [0.4, 0.5) is 0 Å². The third kappa shape index (κ3) is 6.14. The molecule has 32 heavy (non-hydrogen) atoms. The van der Waals surface area contributed by atoms with Crippen LogP contribution >= 0.6 is 15.9 Å². The zero-order valence-electron chi connectivity index (χ0n) is 20.4. The average molecular weight is 534 g/mol. The third-order valence-electron chi connectivity index (χ3n) is 6.36. The van der Waals surface area contributed by atoms with Crippen molar-refractivity contribution >= 4 is 36.1 Å². The normalized spacial score (nSPS) is 20.5. The number of likely N-dealkylation sites (tertiary alicyclic amines) is 1. The summed E-state index contributed by atoms with van der Waals surface area (Å²) in [7, 11) is -0.726. The summed E-state index contributed by atoms with van der Waals surface area (Å²) in [4.78, 5) is 27.8. The number of esters is 1. The molecule has 0 radical (unpaired) electrons. The fourth-order valence-corrected chi connectivity index (χ4v) is 5.14. The summed E-state index contributed by atoms with van der Waals surface area (Å²) in [5.74, 6) is -0.531. The van der Waals surface area contributed by atoms with Gasteiger partial charge in [0.15, 0.2) is 14.1 Å². The van der Waals surface area contributed by atoms with Crippen molar-refractivity contribution in [2.75, 3.05) is 25.6 Å². The fraction of sp³-hybridized carbons (Fsp3) is 0.773. The van der Waals surface area contributed by atoms with Crippen LogP contribution in [-0.4, -0.2) is 68.0 Å². The van der Waals surface area contributed by atoms with Gasteiger partial charge in [-0.05, 0) is 29.2 Å². The summed E-state index contributed by atoms with van der Waals surface area (Å²) in [6.45, 7) is 15.5. The smallest absolute Gasteiger partial charge is 0.328 e. The second kappa shape index (κ2) is 10.7. The summed E-state index contributed by atoms with van der Waals surface area (Å²) >= 11 is 3.30. The lowest BCUT2D eigenvalue weighted by Crippen LogP contribution is -2.46. The Morgan fingerprint density at radius 3 is 2.53 bits per heavy atom. The van der Waals surface area contributed by atoms with Gasteiger partial charge in [0, 0.05) is 24.4 Å². The fourth-order valence-electron chi connectivity index (χ4n) is 3.62. The maximum atomic E-state index is 13.7. The van der Waals surface area contributed by atoms with Crippen LogP contribution in [0.15, 0.2) is 10.6 Å². The summed E-state index contributed by atoms with van der Waals surface area (Å²) < 4.78 is 22.5. The molecule has 1 aromatic rings. The Labute approximate surface area is 200 Å². The van der Waals surface area contributed by atoms with Gasteiger partial charge in [-0.25, -0.2) is 4.79 Å². The van der Waals surface area contributed by atoms with Gasteiger partial charge in [0.05, 0.1) is 19.8 Å². The molecular formula is C22H37BrN2O6Si. The lowest BCUT2D eigenvalue weighted by atomic mass is 9.91. The van der Waals surface area contributed by atoms with Crippen LogP contribution in [0, 0.1) is 5.92 Å². The van der Waals surface area contributed by atoms with Crippen molar-refractivity contribution in [2.24, 2.45) is 5.92 Å². The predicted octanol–water partition coefficient (Wildman–Crippen LogP) is 4.35. The molecule has 0 spiro atoms. The number of aromatic nitrogens is 1. The van der Waals surface area contributed by atoms with Crippen molar-refractivity contribution in [3.05, 3.63) is 11.8 Å². The summed E-state index contributed by atoms with van der Waals surface area (Å²) in [5.41, 5.74) is 0. The number of hydrogen-bond acceptors (Lipinski definition) is 7. The molecule has 0 unspecified atom stereocenters. The molecule has 3 atom stereocenters. The zero-order chi connectivity index (χ0) is 24.3. The van der Waals surface area contributed by atoms with Crippen LogP contribution < -0.4 is 4.74 Å². The second-order valence-corrected chi connectivity index (χ2v) is 15.6. The van der Waals surface area contributed by atoms with Crippen molar-refractivity contribution in [2.45, 2.75) is 77.2 Å². The molecular weight excluding hydrogens is 496 g/mol. The van der Waals surface area contributed by atoms with Gasteiger partial charge in [-0.15, -0.1) is 0 Å². The number of carbonyl (C=O) groups excluding carboxylic acids is 2. The first-order valence-electron chi connectivity index (χ1n) is 11.0. The van der Waals surface area contributed by atoms with Gasteiger partial charge >= 0.3 is 5.97 Å². The molecule has 1 saturated heterocycles. The Balaban J connectivity index is 2.28. The molecule has 0 saturated carbocycles. The molecule has 2 rings (SSSR count). The topological polar surface area (TPSA) is 91.1 Å². The summed E-state index contributed by atoms with van der Waals surface area (Å²) in [5, 5.41) is 4.61. The van der Waals surface area contributed by atoms with E-state index in [1.807, 2.05) is 13.8 Å². The van der Waals surface area contributed by atoms with Crippen molar-refractivity contribution in [3.63, 3.8) is 0 Å². The molecule has 10 heteroatoms. The number of ether oxygens (including phenoxy) is 2. The Hall–Kier alpha value is -1.39. The molecule has 0 N–H and O–H groups in total. The van der Waals surface area contributed by atoms with Gasteiger partial charge < -0.3 is 23.3 Å². The molecule has 1 fully saturated rings. The van der Waals surface area contributed by atoms with Gasteiger partial charge in [-0.1, -0.05) is 50.5 Å². The summed E-state index contributed by atoms with van der Waals surface area (Å²) in [6, 6.07) is 0.966. The van der Waals surface area contributed by atoms with E-state index in [-0.39, 0.29) is 23.0 Å². The number of amides is 1. The first-order valence-corrected chi connectivity index (χ1v) is 15.1.